The number of carbonyl (C=O) groups excluding carboxylic acids is 2. The molecule has 5 nitrogen and oxygen atoms in total. The van der Waals surface area contributed by atoms with Crippen molar-refractivity contribution in [3.63, 3.8) is 0 Å². The Morgan fingerprint density at radius 1 is 0.397 bits per heavy atom. The molecule has 0 N–H and O–H groups in total. The summed E-state index contributed by atoms with van der Waals surface area (Å²) >= 11 is 0. The molecule has 1 atom stereocenters. The molecule has 0 spiro atoms. The smallest absolute Gasteiger partial charge is 0.306 e. The average molecular weight is 809 g/mol. The van der Waals surface area contributed by atoms with Crippen molar-refractivity contribution in [2.24, 2.45) is 0 Å². The van der Waals surface area contributed by atoms with Gasteiger partial charge in [0.05, 0.1) is 6.61 Å². The van der Waals surface area contributed by atoms with E-state index in [9.17, 15) is 9.59 Å². The molecule has 0 aliphatic rings. The molecule has 0 bridgehead atoms. The summed E-state index contributed by atoms with van der Waals surface area (Å²) in [6.07, 6.45) is 62.0. The predicted octanol–water partition coefficient (Wildman–Crippen LogP) is 16.3. The highest BCUT2D eigenvalue weighted by molar-refractivity contribution is 5.70. The Balaban J connectivity index is 4.31. The fraction of sp³-hybridized carbons (Fsp3) is 0.736. The lowest BCUT2D eigenvalue weighted by Gasteiger charge is -2.18. The van der Waals surface area contributed by atoms with Crippen LogP contribution in [0.5, 0.6) is 0 Å². The lowest BCUT2D eigenvalue weighted by molar-refractivity contribution is -0.162. The van der Waals surface area contributed by atoms with E-state index in [0.717, 1.165) is 64.2 Å². The third-order valence-electron chi connectivity index (χ3n) is 10.3. The number of carbonyl (C=O) groups is 2. The van der Waals surface area contributed by atoms with E-state index in [-0.39, 0.29) is 25.2 Å². The largest absolute Gasteiger partial charge is 0.462 e. The molecule has 334 valence electrons. The number of ether oxygens (including phenoxy) is 3. The minimum absolute atomic E-state index is 0.0465. The van der Waals surface area contributed by atoms with Gasteiger partial charge in [0, 0.05) is 19.4 Å². The van der Waals surface area contributed by atoms with Gasteiger partial charge in [-0.2, -0.15) is 0 Å². The summed E-state index contributed by atoms with van der Waals surface area (Å²) in [6, 6.07) is 0. The van der Waals surface area contributed by atoms with Gasteiger partial charge < -0.3 is 14.2 Å². The Kier molecular flexibility index (Phi) is 46.5. The second-order valence-electron chi connectivity index (χ2n) is 16.0. The van der Waals surface area contributed by atoms with Gasteiger partial charge in [-0.3, -0.25) is 9.59 Å². The van der Waals surface area contributed by atoms with Crippen LogP contribution in [0, 0.1) is 0 Å². The monoisotopic (exact) mass is 809 g/mol. The molecule has 0 rings (SSSR count). The molecule has 0 radical (unpaired) electrons. The lowest BCUT2D eigenvalue weighted by atomic mass is 10.0. The second-order valence-corrected chi connectivity index (χ2v) is 16.0. The van der Waals surface area contributed by atoms with Crippen molar-refractivity contribution in [2.75, 3.05) is 19.8 Å². The maximum atomic E-state index is 12.7. The molecule has 1 unspecified atom stereocenters. The topological polar surface area (TPSA) is 61.8 Å². The molecule has 0 amide bonds. The maximum Gasteiger partial charge on any atom is 0.306 e. The van der Waals surface area contributed by atoms with E-state index in [2.05, 4.69) is 87.6 Å². The molecule has 0 saturated heterocycles. The van der Waals surface area contributed by atoms with Crippen molar-refractivity contribution in [3.8, 4) is 0 Å². The van der Waals surface area contributed by atoms with Gasteiger partial charge in [-0.05, 0) is 57.8 Å². The summed E-state index contributed by atoms with van der Waals surface area (Å²) in [5.74, 6) is -0.492. The Bertz CT molecular complexity index is 1050. The van der Waals surface area contributed by atoms with Gasteiger partial charge in [-0.15, -0.1) is 0 Å². The summed E-state index contributed by atoms with van der Waals surface area (Å²) in [4.78, 5) is 25.2. The van der Waals surface area contributed by atoms with Gasteiger partial charge in [-0.25, -0.2) is 0 Å². The molecule has 5 heteroatoms. The van der Waals surface area contributed by atoms with Gasteiger partial charge >= 0.3 is 11.9 Å². The van der Waals surface area contributed by atoms with Crippen LogP contribution in [0.3, 0.4) is 0 Å². The molecule has 0 aromatic rings. The van der Waals surface area contributed by atoms with E-state index in [1.165, 1.54) is 122 Å². The van der Waals surface area contributed by atoms with E-state index < -0.39 is 6.10 Å². The Morgan fingerprint density at radius 2 is 0.776 bits per heavy atom. The minimum atomic E-state index is -0.562. The number of unbranched alkanes of at least 4 members (excludes halogenated alkanes) is 21. The summed E-state index contributed by atoms with van der Waals surface area (Å²) in [6.45, 7) is 7.63. The van der Waals surface area contributed by atoms with Crippen LogP contribution < -0.4 is 0 Å². The Morgan fingerprint density at radius 3 is 1.21 bits per heavy atom. The predicted molar refractivity (Wildman–Crippen MR) is 251 cm³/mol. The van der Waals surface area contributed by atoms with Crippen molar-refractivity contribution in [1.82, 2.24) is 0 Å². The van der Waals surface area contributed by atoms with E-state index in [0.29, 0.717) is 25.9 Å². The molecule has 0 fully saturated rings. The van der Waals surface area contributed by atoms with Crippen LogP contribution in [0.25, 0.3) is 0 Å². The quantitative estimate of drug-likeness (QED) is 0.0348. The van der Waals surface area contributed by atoms with Crippen molar-refractivity contribution in [1.29, 1.82) is 0 Å². The van der Waals surface area contributed by atoms with Crippen molar-refractivity contribution < 1.29 is 23.8 Å². The highest BCUT2D eigenvalue weighted by Crippen LogP contribution is 2.14. The van der Waals surface area contributed by atoms with Crippen LogP contribution in [0.4, 0.5) is 0 Å². The van der Waals surface area contributed by atoms with Crippen molar-refractivity contribution in [2.45, 2.75) is 232 Å². The maximum absolute atomic E-state index is 12.7. The van der Waals surface area contributed by atoms with Crippen LogP contribution in [0.1, 0.15) is 226 Å². The summed E-state index contributed by atoms with van der Waals surface area (Å²) < 4.78 is 17.3. The molecular formula is C53H92O5. The number of hydrogen-bond donors (Lipinski definition) is 0. The number of esters is 2. The van der Waals surface area contributed by atoms with E-state index in [1.807, 2.05) is 6.08 Å². The van der Waals surface area contributed by atoms with Gasteiger partial charge in [-0.1, -0.05) is 229 Å². The van der Waals surface area contributed by atoms with Gasteiger partial charge in [0.1, 0.15) is 6.61 Å². The molecule has 58 heavy (non-hydrogen) atoms. The molecular weight excluding hydrogens is 717 g/mol. The highest BCUT2D eigenvalue weighted by Gasteiger charge is 2.17. The third-order valence-corrected chi connectivity index (χ3v) is 10.3. The van der Waals surface area contributed by atoms with E-state index >= 15 is 0 Å². The molecule has 0 heterocycles. The molecule has 0 aliphatic carbocycles. The van der Waals surface area contributed by atoms with E-state index in [1.54, 1.807) is 0 Å². The zero-order valence-corrected chi connectivity index (χ0v) is 38.3. The van der Waals surface area contributed by atoms with Crippen LogP contribution in [0.2, 0.25) is 0 Å². The minimum Gasteiger partial charge on any atom is -0.462 e. The van der Waals surface area contributed by atoms with Crippen LogP contribution >= 0.6 is 0 Å². The van der Waals surface area contributed by atoms with Gasteiger partial charge in [0.2, 0.25) is 0 Å². The number of allylic oxidation sites excluding steroid dienone is 12. The zero-order valence-electron chi connectivity index (χ0n) is 38.3. The van der Waals surface area contributed by atoms with Crippen LogP contribution in [-0.4, -0.2) is 37.9 Å². The second kappa shape index (κ2) is 48.7. The zero-order chi connectivity index (χ0) is 42.1. The highest BCUT2D eigenvalue weighted by atomic mass is 16.6. The molecule has 0 aliphatic heterocycles. The molecule has 0 aromatic heterocycles. The lowest BCUT2D eigenvalue weighted by Crippen LogP contribution is -2.30. The van der Waals surface area contributed by atoms with Gasteiger partial charge in [0.25, 0.3) is 0 Å². The fourth-order valence-corrected chi connectivity index (χ4v) is 6.65. The number of hydrogen-bond acceptors (Lipinski definition) is 5. The normalized spacial score (nSPS) is 12.8. The third kappa shape index (κ3) is 46.0. The standard InChI is InChI=1S/C53H92O5/c1-4-7-10-13-16-19-21-23-25-26-27-28-29-30-32-35-37-40-43-46-52(54)57-50-51(58-53(55)47-44-41-38-34-18-15-12-9-6-3)49-56-48-45-42-39-36-33-31-24-22-20-17-14-11-8-5-2/h7,10,16,19,23,25,27-28,30,32,37,40,51H,4-6,8-9,11-15,17-18,20-22,24,26,29,31,33-36,38-39,41-50H2,1-3H3/b10-7-,19-16-,25-23-,28-27-,32-30-,40-37-. The van der Waals surface area contributed by atoms with Crippen molar-refractivity contribution in [3.05, 3.63) is 72.9 Å². The Hall–Kier alpha value is -2.66. The summed E-state index contributed by atoms with van der Waals surface area (Å²) in [5, 5.41) is 0. The first kappa shape index (κ1) is 55.3. The first-order chi connectivity index (χ1) is 28.6. The summed E-state index contributed by atoms with van der Waals surface area (Å²) in [7, 11) is 0. The number of rotatable bonds is 44. The van der Waals surface area contributed by atoms with Crippen LogP contribution in [-0.2, 0) is 23.8 Å². The first-order valence-corrected chi connectivity index (χ1v) is 24.5. The molecule has 0 saturated carbocycles. The SMILES string of the molecule is CC/C=C\C/C=C\C/C=C\C/C=C\C/C=C\C/C=C\CCC(=O)OCC(COCCCCCCCCCCCCCCCC)OC(=O)CCCCCCCCCCC. The fourth-order valence-electron chi connectivity index (χ4n) is 6.65. The average Bonchev–Trinajstić information content (AvgIpc) is 3.22. The Labute approximate surface area is 359 Å². The van der Waals surface area contributed by atoms with Crippen molar-refractivity contribution >= 4 is 11.9 Å². The van der Waals surface area contributed by atoms with Gasteiger partial charge in [0.15, 0.2) is 6.10 Å². The molecule has 0 aromatic carbocycles. The summed E-state index contributed by atoms with van der Waals surface area (Å²) in [5.41, 5.74) is 0. The van der Waals surface area contributed by atoms with E-state index in [4.69, 9.17) is 14.2 Å². The van der Waals surface area contributed by atoms with Crippen LogP contribution in [0.15, 0.2) is 72.9 Å². The first-order valence-electron chi connectivity index (χ1n) is 24.5.